The van der Waals surface area contributed by atoms with Crippen LogP contribution in [0, 0.1) is 5.92 Å². The van der Waals surface area contributed by atoms with E-state index in [1.165, 1.54) is 19.3 Å². The first kappa shape index (κ1) is 19.1. The van der Waals surface area contributed by atoms with Crippen LogP contribution in [0.15, 0.2) is 18.2 Å². The Balaban J connectivity index is 1.76. The van der Waals surface area contributed by atoms with Crippen LogP contribution in [0.3, 0.4) is 0 Å². The number of nitrogens with one attached hydrogen (secondary N) is 1. The zero-order valence-corrected chi connectivity index (χ0v) is 15.5. The number of likely N-dealkylation sites (N-methyl/N-ethyl adjacent to an activating group) is 1. The Morgan fingerprint density at radius 3 is 2.62 bits per heavy atom. The number of hydrogen-bond donors (Lipinski definition) is 1. The third kappa shape index (κ3) is 5.67. The van der Waals surface area contributed by atoms with Gasteiger partial charge in [0.15, 0.2) is 0 Å². The molecule has 24 heavy (non-hydrogen) atoms. The molecule has 6 heteroatoms. The summed E-state index contributed by atoms with van der Waals surface area (Å²) in [6, 6.07) is 5.34. The summed E-state index contributed by atoms with van der Waals surface area (Å²) in [7, 11) is 1.69. The van der Waals surface area contributed by atoms with Gasteiger partial charge in [-0.05, 0) is 30.4 Å². The normalized spacial score (nSPS) is 15.1. The van der Waals surface area contributed by atoms with E-state index in [9.17, 15) is 9.59 Å². The predicted octanol–water partition coefficient (Wildman–Crippen LogP) is 4.04. The first-order valence-electron chi connectivity index (χ1n) is 8.41. The molecule has 1 aromatic carbocycles. The molecule has 1 aromatic rings. The van der Waals surface area contributed by atoms with Gasteiger partial charge in [0.25, 0.3) is 0 Å². The maximum absolute atomic E-state index is 12.2. The molecule has 0 bridgehead atoms. The summed E-state index contributed by atoms with van der Waals surface area (Å²) >= 11 is 12.1. The van der Waals surface area contributed by atoms with Crippen molar-refractivity contribution in [1.29, 1.82) is 0 Å². The van der Waals surface area contributed by atoms with Crippen LogP contribution in [0.4, 0.5) is 0 Å². The van der Waals surface area contributed by atoms with Crippen LogP contribution in [-0.4, -0.2) is 30.3 Å². The minimum absolute atomic E-state index is 0.0141. The first-order chi connectivity index (χ1) is 11.5. The van der Waals surface area contributed by atoms with Crippen molar-refractivity contribution in [2.75, 3.05) is 13.6 Å². The minimum Gasteiger partial charge on any atom is -0.347 e. The molecule has 4 nitrogen and oxygen atoms in total. The average Bonchev–Trinajstić information content (AvgIpc) is 2.57. The fourth-order valence-corrected chi connectivity index (χ4v) is 3.43. The number of benzene rings is 1. The van der Waals surface area contributed by atoms with Gasteiger partial charge in [-0.25, -0.2) is 0 Å². The van der Waals surface area contributed by atoms with Crippen LogP contribution in [0.25, 0.3) is 0 Å². The summed E-state index contributed by atoms with van der Waals surface area (Å²) in [5.74, 6) is 0.282. The van der Waals surface area contributed by atoms with E-state index in [4.69, 9.17) is 23.2 Å². The first-order valence-corrected chi connectivity index (χ1v) is 9.16. The van der Waals surface area contributed by atoms with Gasteiger partial charge < -0.3 is 10.2 Å². The molecular formula is C18H24Cl2N2O2. The quantitative estimate of drug-likeness (QED) is 0.821. The van der Waals surface area contributed by atoms with Crippen molar-refractivity contribution in [2.45, 2.75) is 45.1 Å². The van der Waals surface area contributed by atoms with E-state index in [-0.39, 0.29) is 18.4 Å². The predicted molar refractivity (Wildman–Crippen MR) is 97.1 cm³/mol. The van der Waals surface area contributed by atoms with E-state index in [0.29, 0.717) is 28.9 Å². The van der Waals surface area contributed by atoms with Crippen LogP contribution < -0.4 is 5.32 Å². The Morgan fingerprint density at radius 1 is 1.21 bits per heavy atom. The standard InChI is InChI=1S/C18H24Cl2N2O2/c1-22(12-14-8-5-9-15(19)18(14)20)17(24)11-21-16(23)10-13-6-3-2-4-7-13/h5,8-9,13H,2-4,6-7,10-12H2,1H3,(H,21,23). The van der Waals surface area contributed by atoms with Gasteiger partial charge in [-0.1, -0.05) is 54.6 Å². The lowest BCUT2D eigenvalue weighted by atomic mass is 9.87. The lowest BCUT2D eigenvalue weighted by Crippen LogP contribution is -2.38. The molecule has 132 valence electrons. The lowest BCUT2D eigenvalue weighted by molar-refractivity contribution is -0.132. The van der Waals surface area contributed by atoms with Crippen LogP contribution >= 0.6 is 23.2 Å². The van der Waals surface area contributed by atoms with Crippen LogP contribution in [-0.2, 0) is 16.1 Å². The van der Waals surface area contributed by atoms with Gasteiger partial charge in [0.05, 0.1) is 16.6 Å². The summed E-state index contributed by atoms with van der Waals surface area (Å²) in [5, 5.41) is 3.66. The molecule has 0 radical (unpaired) electrons. The molecule has 0 unspecified atom stereocenters. The average molecular weight is 371 g/mol. The lowest BCUT2D eigenvalue weighted by Gasteiger charge is -2.21. The van der Waals surface area contributed by atoms with Gasteiger partial charge in [0.1, 0.15) is 0 Å². The highest BCUT2D eigenvalue weighted by atomic mass is 35.5. The Labute approximate surface area is 153 Å². The molecule has 2 rings (SSSR count). The highest BCUT2D eigenvalue weighted by molar-refractivity contribution is 6.42. The second-order valence-electron chi connectivity index (χ2n) is 6.45. The Hall–Kier alpha value is -1.26. The molecule has 2 amide bonds. The molecule has 1 aliphatic carbocycles. The van der Waals surface area contributed by atoms with Crippen molar-refractivity contribution in [2.24, 2.45) is 5.92 Å². The summed E-state index contributed by atoms with van der Waals surface area (Å²) in [5.41, 5.74) is 0.786. The van der Waals surface area contributed by atoms with Gasteiger partial charge in [-0.3, -0.25) is 9.59 Å². The molecule has 0 aliphatic heterocycles. The molecule has 1 aliphatic rings. The van der Waals surface area contributed by atoms with Gasteiger partial charge in [-0.2, -0.15) is 0 Å². The summed E-state index contributed by atoms with van der Waals surface area (Å²) in [4.78, 5) is 25.7. The third-order valence-electron chi connectivity index (χ3n) is 4.50. The number of halogens is 2. The van der Waals surface area contributed by atoms with Gasteiger partial charge >= 0.3 is 0 Å². The molecule has 1 N–H and O–H groups in total. The van der Waals surface area contributed by atoms with E-state index < -0.39 is 0 Å². The molecule has 0 saturated heterocycles. The maximum atomic E-state index is 12.2. The summed E-state index contributed by atoms with van der Waals surface area (Å²) in [6.07, 6.45) is 6.45. The molecule has 0 spiro atoms. The zero-order valence-electron chi connectivity index (χ0n) is 14.0. The number of nitrogens with zero attached hydrogens (tertiary/aromatic N) is 1. The smallest absolute Gasteiger partial charge is 0.242 e. The van der Waals surface area contributed by atoms with Gasteiger partial charge in [-0.15, -0.1) is 0 Å². The Morgan fingerprint density at radius 2 is 1.92 bits per heavy atom. The molecular weight excluding hydrogens is 347 g/mol. The Bertz CT molecular complexity index is 586. The summed E-state index contributed by atoms with van der Waals surface area (Å²) < 4.78 is 0. The highest BCUT2D eigenvalue weighted by Crippen LogP contribution is 2.27. The van der Waals surface area contributed by atoms with Gasteiger partial charge in [0.2, 0.25) is 11.8 Å². The van der Waals surface area contributed by atoms with E-state index in [1.54, 1.807) is 24.1 Å². The van der Waals surface area contributed by atoms with Crippen molar-refractivity contribution < 1.29 is 9.59 Å². The van der Waals surface area contributed by atoms with E-state index in [1.807, 2.05) is 6.07 Å². The monoisotopic (exact) mass is 370 g/mol. The summed E-state index contributed by atoms with van der Waals surface area (Å²) in [6.45, 7) is 0.372. The fraction of sp³-hybridized carbons (Fsp3) is 0.556. The molecule has 0 heterocycles. The van der Waals surface area contributed by atoms with Crippen LogP contribution in [0.2, 0.25) is 10.0 Å². The van der Waals surface area contributed by atoms with Crippen LogP contribution in [0.1, 0.15) is 44.1 Å². The largest absolute Gasteiger partial charge is 0.347 e. The van der Waals surface area contributed by atoms with Gasteiger partial charge in [0, 0.05) is 20.0 Å². The number of hydrogen-bond acceptors (Lipinski definition) is 2. The topological polar surface area (TPSA) is 49.4 Å². The number of amides is 2. The maximum Gasteiger partial charge on any atom is 0.242 e. The number of carbonyl (C=O) groups excluding carboxylic acids is 2. The molecule has 0 atom stereocenters. The SMILES string of the molecule is CN(Cc1cccc(Cl)c1Cl)C(=O)CNC(=O)CC1CCCCC1. The van der Waals surface area contributed by atoms with Crippen molar-refractivity contribution in [3.05, 3.63) is 33.8 Å². The molecule has 1 fully saturated rings. The molecule has 1 saturated carbocycles. The van der Waals surface area contributed by atoms with Crippen molar-refractivity contribution >= 4 is 35.0 Å². The van der Waals surface area contributed by atoms with E-state index >= 15 is 0 Å². The second kappa shape index (κ2) is 9.28. The molecule has 0 aromatic heterocycles. The van der Waals surface area contributed by atoms with Crippen molar-refractivity contribution in [3.63, 3.8) is 0 Å². The third-order valence-corrected chi connectivity index (χ3v) is 5.36. The van der Waals surface area contributed by atoms with E-state index in [0.717, 1.165) is 18.4 Å². The fourth-order valence-electron chi connectivity index (χ4n) is 3.05. The number of rotatable bonds is 6. The number of carbonyl (C=O) groups is 2. The second-order valence-corrected chi connectivity index (χ2v) is 7.23. The zero-order chi connectivity index (χ0) is 17.5. The highest BCUT2D eigenvalue weighted by Gasteiger charge is 2.18. The minimum atomic E-state index is -0.150. The van der Waals surface area contributed by atoms with E-state index in [2.05, 4.69) is 5.32 Å². The van der Waals surface area contributed by atoms with Crippen molar-refractivity contribution in [3.8, 4) is 0 Å². The van der Waals surface area contributed by atoms with Crippen LogP contribution in [0.5, 0.6) is 0 Å². The Kier molecular flexibility index (Phi) is 7.38. The van der Waals surface area contributed by atoms with Crippen molar-refractivity contribution in [1.82, 2.24) is 10.2 Å².